The SMILES string of the molecule is c1cnc2c(c1)sc1ccc(-c3ccc4sc5ccc(-c6ccc7sc8ccc(-c9ccc%10sc%11ccc(-c%12ccc%13sc%14ncccc%14c%13c%12)cc%11c%10c9)cc8c7c6)cc5c4c3)cc12. The summed E-state index contributed by atoms with van der Waals surface area (Å²) in [5, 5.41) is 11.6. The topological polar surface area (TPSA) is 25.8 Å². The Morgan fingerprint density at radius 2 is 0.523 bits per heavy atom. The molecule has 0 saturated heterocycles. The summed E-state index contributed by atoms with van der Waals surface area (Å²) in [5.74, 6) is 0. The van der Waals surface area contributed by atoms with Gasteiger partial charge in [-0.15, -0.1) is 56.7 Å². The average Bonchev–Trinajstić information content (AvgIpc) is 4.18. The van der Waals surface area contributed by atoms with E-state index in [0.29, 0.717) is 0 Å². The first-order chi connectivity index (χ1) is 32.1. The van der Waals surface area contributed by atoms with Crippen LogP contribution in [0.25, 0.3) is 146 Å². The molecule has 15 rings (SSSR count). The van der Waals surface area contributed by atoms with Crippen molar-refractivity contribution < 1.29 is 0 Å². The van der Waals surface area contributed by atoms with Crippen molar-refractivity contribution in [3.05, 3.63) is 182 Å². The highest BCUT2D eigenvalue weighted by Crippen LogP contribution is 2.45. The van der Waals surface area contributed by atoms with E-state index in [9.17, 15) is 0 Å². The molecule has 7 heteroatoms. The molecule has 0 atom stereocenters. The quantitative estimate of drug-likeness (QED) is 0.176. The zero-order valence-corrected chi connectivity index (χ0v) is 38.3. The van der Waals surface area contributed by atoms with Gasteiger partial charge < -0.3 is 0 Å². The molecule has 0 fully saturated rings. The lowest BCUT2D eigenvalue weighted by Gasteiger charge is -2.06. The van der Waals surface area contributed by atoms with Crippen LogP contribution in [-0.2, 0) is 0 Å². The fraction of sp³-hybridized carbons (Fsp3) is 0. The molecule has 65 heavy (non-hydrogen) atoms. The molecular weight excluding hydrogens is 885 g/mol. The lowest BCUT2D eigenvalue weighted by molar-refractivity contribution is 1.44. The molecule has 0 aliphatic heterocycles. The van der Waals surface area contributed by atoms with Gasteiger partial charge in [0.15, 0.2) is 0 Å². The number of thiophene rings is 5. The van der Waals surface area contributed by atoms with Crippen molar-refractivity contribution in [3.8, 4) is 44.5 Å². The number of hydrogen-bond donors (Lipinski definition) is 0. The van der Waals surface area contributed by atoms with E-state index in [4.69, 9.17) is 4.98 Å². The van der Waals surface area contributed by atoms with Crippen LogP contribution in [0.2, 0.25) is 0 Å². The van der Waals surface area contributed by atoms with Gasteiger partial charge in [0, 0.05) is 98.5 Å². The van der Waals surface area contributed by atoms with Crippen molar-refractivity contribution in [3.63, 3.8) is 0 Å². The van der Waals surface area contributed by atoms with Crippen LogP contribution in [0, 0.1) is 0 Å². The number of rotatable bonds is 4. The maximum atomic E-state index is 4.73. The zero-order chi connectivity index (χ0) is 42.3. The number of aromatic nitrogens is 2. The van der Waals surface area contributed by atoms with Gasteiger partial charge in [-0.1, -0.05) is 48.5 Å². The molecule has 0 amide bonds. The zero-order valence-electron chi connectivity index (χ0n) is 34.3. The van der Waals surface area contributed by atoms with Gasteiger partial charge in [-0.3, -0.25) is 4.98 Å². The van der Waals surface area contributed by atoms with Crippen LogP contribution in [0.15, 0.2) is 182 Å². The maximum absolute atomic E-state index is 4.73. The Morgan fingerprint density at radius 1 is 0.231 bits per heavy atom. The molecule has 2 nitrogen and oxygen atoms in total. The third-order valence-electron chi connectivity index (χ3n) is 13.2. The van der Waals surface area contributed by atoms with Crippen LogP contribution < -0.4 is 0 Å². The minimum atomic E-state index is 1.09. The van der Waals surface area contributed by atoms with Gasteiger partial charge in [-0.25, -0.2) is 4.98 Å². The Labute approximate surface area is 391 Å². The number of benzene rings is 8. The molecule has 302 valence electrons. The molecule has 0 bridgehead atoms. The van der Waals surface area contributed by atoms with E-state index < -0.39 is 0 Å². The van der Waals surface area contributed by atoms with Crippen LogP contribution >= 0.6 is 56.7 Å². The van der Waals surface area contributed by atoms with Crippen LogP contribution in [0.3, 0.4) is 0 Å². The van der Waals surface area contributed by atoms with E-state index in [1.807, 2.05) is 69.9 Å². The van der Waals surface area contributed by atoms with Crippen molar-refractivity contribution in [1.82, 2.24) is 9.97 Å². The molecule has 0 saturated carbocycles. The molecule has 0 aliphatic rings. The molecule has 0 radical (unpaired) electrons. The Bertz CT molecular complexity index is 4210. The second-order valence-electron chi connectivity index (χ2n) is 16.9. The fourth-order valence-electron chi connectivity index (χ4n) is 9.98. The molecule has 8 aromatic carbocycles. The predicted octanol–water partition coefficient (Wildman–Crippen LogP) is 19.0. The molecule has 0 unspecified atom stereocenters. The molecule has 0 aliphatic carbocycles. The fourth-order valence-corrected chi connectivity index (χ4v) is 15.2. The normalized spacial score (nSPS) is 12.3. The molecule has 7 heterocycles. The summed E-state index contributed by atoms with van der Waals surface area (Å²) in [6, 6.07) is 64.1. The minimum Gasteiger partial charge on any atom is -0.255 e. The summed E-state index contributed by atoms with van der Waals surface area (Å²) in [7, 11) is 0. The van der Waals surface area contributed by atoms with E-state index in [0.717, 1.165) is 10.3 Å². The standard InChI is InChI=1S/C58H30N2S5/c1-3-39-40-23-31(11-19-54(40)65-58(39)60-22-1)32-5-13-48-41(24-32)42-25-33(6-14-49(42)61-48)34-7-15-50-43(26-34)44-27-35(8-16-51(44)62-50)36-9-17-52-45(28-36)46-29-37(10-18-53(46)63-52)38-12-20-55-47(30-38)57-56(64-55)4-2-21-59-57/h1-30H. The average molecular weight is 915 g/mol. The summed E-state index contributed by atoms with van der Waals surface area (Å²) >= 11 is 9.21. The maximum Gasteiger partial charge on any atom is 0.124 e. The first-order valence-corrected chi connectivity index (χ1v) is 25.7. The number of pyridine rings is 2. The van der Waals surface area contributed by atoms with Gasteiger partial charge in [-0.2, -0.15) is 0 Å². The molecule has 0 spiro atoms. The smallest absolute Gasteiger partial charge is 0.124 e. The Kier molecular flexibility index (Phi) is 7.77. The van der Waals surface area contributed by atoms with Crippen molar-refractivity contribution in [1.29, 1.82) is 0 Å². The van der Waals surface area contributed by atoms with Crippen LogP contribution in [0.5, 0.6) is 0 Å². The molecular formula is C58H30N2S5. The lowest BCUT2D eigenvalue weighted by atomic mass is 9.97. The van der Waals surface area contributed by atoms with E-state index in [1.54, 1.807) is 11.3 Å². The Morgan fingerprint density at radius 3 is 0.923 bits per heavy atom. The Balaban J connectivity index is 0.796. The van der Waals surface area contributed by atoms with E-state index in [2.05, 4.69) is 163 Å². The van der Waals surface area contributed by atoms with Gasteiger partial charge in [0.1, 0.15) is 4.83 Å². The number of hydrogen-bond acceptors (Lipinski definition) is 7. The van der Waals surface area contributed by atoms with Crippen LogP contribution in [0.1, 0.15) is 0 Å². The van der Waals surface area contributed by atoms with Crippen molar-refractivity contribution in [2.45, 2.75) is 0 Å². The monoisotopic (exact) mass is 914 g/mol. The van der Waals surface area contributed by atoms with E-state index >= 15 is 0 Å². The van der Waals surface area contributed by atoms with Gasteiger partial charge in [-0.05, 0) is 166 Å². The summed E-state index contributed by atoms with van der Waals surface area (Å²) in [6.07, 6.45) is 3.78. The van der Waals surface area contributed by atoms with Crippen molar-refractivity contribution >= 4 is 158 Å². The summed E-state index contributed by atoms with van der Waals surface area (Å²) in [6.45, 7) is 0. The van der Waals surface area contributed by atoms with Gasteiger partial charge in [0.05, 0.1) is 10.2 Å². The van der Waals surface area contributed by atoms with E-state index in [1.165, 1.54) is 135 Å². The first kappa shape index (κ1) is 36.5. The highest BCUT2D eigenvalue weighted by Gasteiger charge is 2.16. The molecule has 0 N–H and O–H groups in total. The highest BCUT2D eigenvalue weighted by molar-refractivity contribution is 7.27. The van der Waals surface area contributed by atoms with Crippen LogP contribution in [-0.4, -0.2) is 9.97 Å². The van der Waals surface area contributed by atoms with Gasteiger partial charge in [0.25, 0.3) is 0 Å². The Hall–Kier alpha value is -6.84. The van der Waals surface area contributed by atoms with Crippen molar-refractivity contribution in [2.24, 2.45) is 0 Å². The van der Waals surface area contributed by atoms with Crippen LogP contribution in [0.4, 0.5) is 0 Å². The third kappa shape index (κ3) is 5.67. The van der Waals surface area contributed by atoms with Gasteiger partial charge >= 0.3 is 0 Å². The third-order valence-corrected chi connectivity index (χ3v) is 18.9. The second-order valence-corrected chi connectivity index (χ2v) is 22.3. The summed E-state index contributed by atoms with van der Waals surface area (Å²) in [5.41, 5.74) is 11.0. The predicted molar refractivity (Wildman–Crippen MR) is 288 cm³/mol. The summed E-state index contributed by atoms with van der Waals surface area (Å²) in [4.78, 5) is 10.4. The largest absolute Gasteiger partial charge is 0.255 e. The number of fused-ring (bicyclic) bond motifs is 15. The summed E-state index contributed by atoms with van der Waals surface area (Å²) < 4.78 is 11.7. The highest BCUT2D eigenvalue weighted by atomic mass is 32.1. The lowest BCUT2D eigenvalue weighted by Crippen LogP contribution is -1.80. The molecule has 7 aromatic heterocycles. The molecule has 15 aromatic rings. The second kappa shape index (κ2) is 13.8. The van der Waals surface area contributed by atoms with Gasteiger partial charge in [0.2, 0.25) is 0 Å². The minimum absolute atomic E-state index is 1.09. The van der Waals surface area contributed by atoms with E-state index in [-0.39, 0.29) is 0 Å². The number of nitrogens with zero attached hydrogens (tertiary/aromatic N) is 2. The van der Waals surface area contributed by atoms with Crippen molar-refractivity contribution in [2.75, 3.05) is 0 Å². The first-order valence-electron chi connectivity index (χ1n) is 21.6.